The number of halogens is 4. The van der Waals surface area contributed by atoms with E-state index in [1.165, 1.54) is 0 Å². The summed E-state index contributed by atoms with van der Waals surface area (Å²) in [5.74, 6) is 0.586. The summed E-state index contributed by atoms with van der Waals surface area (Å²) in [6.45, 7) is -0.708. The van der Waals surface area contributed by atoms with Crippen LogP contribution in [0.4, 0.5) is 13.2 Å². The van der Waals surface area contributed by atoms with E-state index in [0.29, 0.717) is 17.2 Å². The van der Waals surface area contributed by atoms with Crippen molar-refractivity contribution >= 4 is 11.6 Å². The van der Waals surface area contributed by atoms with Crippen molar-refractivity contribution in [2.24, 2.45) is 5.73 Å². The van der Waals surface area contributed by atoms with E-state index in [1.807, 2.05) is 0 Å². The van der Waals surface area contributed by atoms with E-state index in [-0.39, 0.29) is 19.8 Å². The summed E-state index contributed by atoms with van der Waals surface area (Å²) in [5.41, 5.74) is 6.28. The van der Waals surface area contributed by atoms with E-state index < -0.39 is 12.8 Å². The first-order valence-electron chi connectivity index (χ1n) is 5.68. The zero-order valence-corrected chi connectivity index (χ0v) is 10.9. The second kappa shape index (κ2) is 7.57. The van der Waals surface area contributed by atoms with Crippen LogP contribution in [0.2, 0.25) is 5.02 Å². The first kappa shape index (κ1) is 16.1. The first-order valence-corrected chi connectivity index (χ1v) is 6.06. The summed E-state index contributed by atoms with van der Waals surface area (Å²) in [7, 11) is 0. The topological polar surface area (TPSA) is 44.5 Å². The van der Waals surface area contributed by atoms with E-state index in [0.717, 1.165) is 5.56 Å². The van der Waals surface area contributed by atoms with Crippen LogP contribution >= 0.6 is 11.6 Å². The lowest BCUT2D eigenvalue weighted by Gasteiger charge is -2.11. The molecule has 0 atom stereocenters. The minimum atomic E-state index is -4.29. The van der Waals surface area contributed by atoms with Gasteiger partial charge in [-0.25, -0.2) is 0 Å². The average Bonchev–Trinajstić information content (AvgIpc) is 2.33. The second-order valence-corrected chi connectivity index (χ2v) is 4.26. The van der Waals surface area contributed by atoms with Crippen LogP contribution < -0.4 is 10.5 Å². The summed E-state index contributed by atoms with van der Waals surface area (Å²) in [6, 6.07) is 5.04. The van der Waals surface area contributed by atoms with E-state index in [1.54, 1.807) is 18.2 Å². The lowest BCUT2D eigenvalue weighted by atomic mass is 10.2. The van der Waals surface area contributed by atoms with Gasteiger partial charge in [0.2, 0.25) is 0 Å². The maximum atomic E-state index is 11.8. The Bertz CT molecular complexity index is 399. The molecule has 0 aromatic heterocycles. The van der Waals surface area contributed by atoms with Crippen molar-refractivity contribution in [2.45, 2.75) is 19.1 Å². The van der Waals surface area contributed by atoms with Gasteiger partial charge >= 0.3 is 6.18 Å². The lowest BCUT2D eigenvalue weighted by Crippen LogP contribution is -2.18. The van der Waals surface area contributed by atoms with Gasteiger partial charge in [-0.1, -0.05) is 11.6 Å². The predicted molar refractivity (Wildman–Crippen MR) is 66.3 cm³/mol. The van der Waals surface area contributed by atoms with Crippen LogP contribution in [0.5, 0.6) is 5.75 Å². The van der Waals surface area contributed by atoms with Crippen LogP contribution in [-0.4, -0.2) is 26.0 Å². The third kappa shape index (κ3) is 6.66. The van der Waals surface area contributed by atoms with Crippen molar-refractivity contribution in [1.29, 1.82) is 0 Å². The Morgan fingerprint density at radius 3 is 2.58 bits per heavy atom. The maximum absolute atomic E-state index is 11.8. The second-order valence-electron chi connectivity index (χ2n) is 3.83. The number of rotatable bonds is 7. The molecule has 1 aromatic carbocycles. The highest BCUT2D eigenvalue weighted by Crippen LogP contribution is 2.22. The fourth-order valence-corrected chi connectivity index (χ4v) is 1.57. The summed E-state index contributed by atoms with van der Waals surface area (Å²) in [4.78, 5) is 0. The maximum Gasteiger partial charge on any atom is 0.411 e. The molecule has 0 bridgehead atoms. The van der Waals surface area contributed by atoms with Crippen molar-refractivity contribution in [3.63, 3.8) is 0 Å². The summed E-state index contributed by atoms with van der Waals surface area (Å²) in [6.07, 6.45) is -3.92. The van der Waals surface area contributed by atoms with Crippen molar-refractivity contribution in [3.05, 3.63) is 28.8 Å². The van der Waals surface area contributed by atoms with Gasteiger partial charge in [0.05, 0.1) is 13.2 Å². The Morgan fingerprint density at radius 2 is 1.95 bits per heavy atom. The smallest absolute Gasteiger partial charge is 0.411 e. The molecule has 0 unspecified atom stereocenters. The lowest BCUT2D eigenvalue weighted by molar-refractivity contribution is -0.174. The van der Waals surface area contributed by atoms with Crippen LogP contribution in [0.1, 0.15) is 12.0 Å². The molecule has 1 rings (SSSR count). The highest BCUT2D eigenvalue weighted by Gasteiger charge is 2.27. The summed E-state index contributed by atoms with van der Waals surface area (Å²) < 4.78 is 45.2. The average molecular weight is 298 g/mol. The Morgan fingerprint density at radius 1 is 1.21 bits per heavy atom. The highest BCUT2D eigenvalue weighted by atomic mass is 35.5. The van der Waals surface area contributed by atoms with Gasteiger partial charge in [0.25, 0.3) is 0 Å². The number of alkyl halides is 3. The molecule has 3 nitrogen and oxygen atoms in total. The number of hydrogen-bond acceptors (Lipinski definition) is 3. The molecule has 19 heavy (non-hydrogen) atoms. The number of nitrogens with two attached hydrogens (primary N) is 1. The SMILES string of the molecule is NCc1cc(Cl)ccc1OCCCOCC(F)(F)F. The molecule has 0 saturated heterocycles. The normalized spacial score (nSPS) is 11.6. The highest BCUT2D eigenvalue weighted by molar-refractivity contribution is 6.30. The minimum absolute atomic E-state index is 0.00887. The number of hydrogen-bond donors (Lipinski definition) is 1. The Labute approximate surface area is 114 Å². The fourth-order valence-electron chi connectivity index (χ4n) is 1.38. The minimum Gasteiger partial charge on any atom is -0.493 e. The van der Waals surface area contributed by atoms with E-state index in [9.17, 15) is 13.2 Å². The van der Waals surface area contributed by atoms with Gasteiger partial charge in [-0.2, -0.15) is 13.2 Å². The Hall–Kier alpha value is -0.980. The standard InChI is InChI=1S/C12H15ClF3NO2/c13-10-2-3-11(9(6-10)7-17)19-5-1-4-18-8-12(14,15)16/h2-3,6H,1,4-5,7-8,17H2. The molecule has 0 aliphatic heterocycles. The van der Waals surface area contributed by atoms with Gasteiger partial charge in [-0.15, -0.1) is 0 Å². The molecule has 0 radical (unpaired) electrons. The fraction of sp³-hybridized carbons (Fsp3) is 0.500. The molecular weight excluding hydrogens is 283 g/mol. The van der Waals surface area contributed by atoms with Crippen molar-refractivity contribution < 1.29 is 22.6 Å². The van der Waals surface area contributed by atoms with Gasteiger partial charge in [0.1, 0.15) is 12.4 Å². The summed E-state index contributed by atoms with van der Waals surface area (Å²) >= 11 is 5.80. The molecule has 1 aromatic rings. The molecule has 108 valence electrons. The van der Waals surface area contributed by atoms with E-state index >= 15 is 0 Å². The van der Waals surface area contributed by atoms with E-state index in [4.69, 9.17) is 22.1 Å². The summed E-state index contributed by atoms with van der Waals surface area (Å²) in [5, 5.41) is 0.557. The monoisotopic (exact) mass is 297 g/mol. The molecular formula is C12H15ClF3NO2. The van der Waals surface area contributed by atoms with Crippen molar-refractivity contribution in [1.82, 2.24) is 0 Å². The van der Waals surface area contributed by atoms with Gasteiger partial charge in [0, 0.05) is 23.6 Å². The molecule has 0 amide bonds. The van der Waals surface area contributed by atoms with Crippen molar-refractivity contribution in [3.8, 4) is 5.75 Å². The third-order valence-corrected chi connectivity index (χ3v) is 2.43. The van der Waals surface area contributed by atoms with Crippen molar-refractivity contribution in [2.75, 3.05) is 19.8 Å². The molecule has 0 spiro atoms. The molecule has 0 aliphatic rings. The van der Waals surface area contributed by atoms with Gasteiger partial charge in [-0.05, 0) is 18.2 Å². The van der Waals surface area contributed by atoms with Crippen LogP contribution in [0, 0.1) is 0 Å². The molecule has 0 fully saturated rings. The Balaban J connectivity index is 2.26. The third-order valence-electron chi connectivity index (χ3n) is 2.20. The first-order chi connectivity index (χ1) is 8.92. The largest absolute Gasteiger partial charge is 0.493 e. The van der Waals surface area contributed by atoms with Crippen LogP contribution in [0.3, 0.4) is 0 Å². The van der Waals surface area contributed by atoms with Gasteiger partial charge in [0.15, 0.2) is 0 Å². The molecule has 2 N–H and O–H groups in total. The van der Waals surface area contributed by atoms with E-state index in [2.05, 4.69) is 4.74 Å². The molecule has 7 heteroatoms. The number of benzene rings is 1. The number of ether oxygens (including phenoxy) is 2. The van der Waals surface area contributed by atoms with Crippen LogP contribution in [0.15, 0.2) is 18.2 Å². The quantitative estimate of drug-likeness (QED) is 0.786. The zero-order chi connectivity index (χ0) is 14.3. The zero-order valence-electron chi connectivity index (χ0n) is 10.2. The van der Waals surface area contributed by atoms with Gasteiger partial charge < -0.3 is 15.2 Å². The predicted octanol–water partition coefficient (Wildman–Crippen LogP) is 3.15. The van der Waals surface area contributed by atoms with Crippen LogP contribution in [-0.2, 0) is 11.3 Å². The molecule has 0 saturated carbocycles. The van der Waals surface area contributed by atoms with Gasteiger partial charge in [-0.3, -0.25) is 0 Å². The van der Waals surface area contributed by atoms with Crippen LogP contribution in [0.25, 0.3) is 0 Å². The molecule has 0 aliphatic carbocycles. The Kier molecular flexibility index (Phi) is 6.41. The molecule has 0 heterocycles.